The second-order valence-corrected chi connectivity index (χ2v) is 7.86. The number of carbonyl (C=O) groups is 5. The number of nitrogens with one attached hydrogen (secondary N) is 1. The van der Waals surface area contributed by atoms with Gasteiger partial charge in [0.05, 0.1) is 11.8 Å². The molecule has 1 unspecified atom stereocenters. The molecule has 0 aromatic heterocycles. The number of rotatable bonds is 7. The van der Waals surface area contributed by atoms with E-state index in [0.717, 1.165) is 0 Å². The van der Waals surface area contributed by atoms with E-state index in [0.29, 0.717) is 5.06 Å². The Hall–Kier alpha value is -3.21. The molecule has 0 saturated carbocycles. The molecule has 0 aromatic rings. The van der Waals surface area contributed by atoms with E-state index in [9.17, 15) is 24.0 Å². The van der Waals surface area contributed by atoms with Gasteiger partial charge in [-0.1, -0.05) is 18.2 Å². The number of cyclic esters (lactones) is 1. The number of carbonyl (C=O) groups excluding carboxylic acids is 5. The number of hydrogen-bond acceptors (Lipinski definition) is 9. The summed E-state index contributed by atoms with van der Waals surface area (Å²) in [5.74, 6) is -3.81. The molecule has 2 rings (SSSR count). The van der Waals surface area contributed by atoms with Crippen LogP contribution in [0.2, 0.25) is 0 Å². The van der Waals surface area contributed by atoms with Crippen molar-refractivity contribution in [1.82, 2.24) is 10.4 Å². The molecule has 0 aliphatic carbocycles. The van der Waals surface area contributed by atoms with Gasteiger partial charge in [0.1, 0.15) is 12.6 Å². The van der Waals surface area contributed by atoms with Crippen LogP contribution in [0.25, 0.3) is 0 Å². The summed E-state index contributed by atoms with van der Waals surface area (Å²) in [4.78, 5) is 66.2. The van der Waals surface area contributed by atoms with Crippen molar-refractivity contribution in [3.63, 3.8) is 0 Å². The third kappa shape index (κ3) is 5.69. The third-order valence-electron chi connectivity index (χ3n) is 4.33. The summed E-state index contributed by atoms with van der Waals surface area (Å²) in [7, 11) is 0. The topological polar surface area (TPSA) is 138 Å². The van der Waals surface area contributed by atoms with Crippen molar-refractivity contribution in [1.29, 1.82) is 0 Å². The largest absolute Gasteiger partial charge is 0.427 e. The van der Waals surface area contributed by atoms with Crippen LogP contribution in [0.1, 0.15) is 40.5 Å². The maximum Gasteiger partial charge on any atom is 0.377 e. The molecule has 2 fully saturated rings. The first-order valence-corrected chi connectivity index (χ1v) is 9.64. The molecular weight excluding hydrogens is 412 g/mol. The van der Waals surface area contributed by atoms with E-state index < -0.39 is 53.7 Å². The van der Waals surface area contributed by atoms with E-state index in [1.165, 1.54) is 12.2 Å². The number of hydroxylamine groups is 2. The minimum Gasteiger partial charge on any atom is -0.427 e. The zero-order chi connectivity index (χ0) is 23.2. The van der Waals surface area contributed by atoms with Crippen LogP contribution < -0.4 is 5.32 Å². The second kappa shape index (κ2) is 9.73. The van der Waals surface area contributed by atoms with Crippen LogP contribution in [-0.4, -0.2) is 60.0 Å². The van der Waals surface area contributed by atoms with Crippen LogP contribution >= 0.6 is 0 Å². The highest BCUT2D eigenvalue weighted by Gasteiger charge is 2.60. The first-order chi connectivity index (χ1) is 14.5. The number of hydrogen-bond donors (Lipinski definition) is 1. The second-order valence-electron chi connectivity index (χ2n) is 7.86. The van der Waals surface area contributed by atoms with Gasteiger partial charge in [0.15, 0.2) is 0 Å². The van der Waals surface area contributed by atoms with Gasteiger partial charge in [0, 0.05) is 12.5 Å². The number of amides is 2. The fourth-order valence-electron chi connectivity index (χ4n) is 2.68. The molecule has 2 heterocycles. The molecule has 2 aliphatic heterocycles. The predicted molar refractivity (Wildman–Crippen MR) is 103 cm³/mol. The molecule has 11 nitrogen and oxygen atoms in total. The predicted octanol–water partition coefficient (Wildman–Crippen LogP) is 0.501. The quantitative estimate of drug-likeness (QED) is 0.261. The van der Waals surface area contributed by atoms with Gasteiger partial charge in [-0.2, -0.15) is 5.06 Å². The van der Waals surface area contributed by atoms with E-state index in [1.807, 2.05) is 0 Å². The normalized spacial score (nSPS) is 24.0. The maximum absolute atomic E-state index is 12.8. The monoisotopic (exact) mass is 438 g/mol. The highest BCUT2D eigenvalue weighted by atomic mass is 16.8. The highest BCUT2D eigenvalue weighted by molar-refractivity contribution is 5.96. The maximum atomic E-state index is 12.8. The standard InChI is InChI=1S/C20H26N2O9/c1-5-6-7-8-14(23)21-13-11-30-22(16(13)25)20(10-9-15(24)31-20)18(27)29-12-28-17(26)19(2,3)4/h5-8,13H,9-12H2,1-4H3,(H,21,23)/t13-,20?/m0/s1. The van der Waals surface area contributed by atoms with Crippen LogP contribution in [-0.2, 0) is 43.0 Å². The molecule has 170 valence electrons. The fourth-order valence-corrected chi connectivity index (χ4v) is 2.68. The van der Waals surface area contributed by atoms with Gasteiger partial charge in [-0.25, -0.2) is 4.79 Å². The van der Waals surface area contributed by atoms with Crippen LogP contribution in [0.3, 0.4) is 0 Å². The Labute approximate surface area is 179 Å². The number of ether oxygens (including phenoxy) is 3. The number of esters is 3. The first-order valence-electron chi connectivity index (χ1n) is 9.64. The fraction of sp³-hybridized carbons (Fsp3) is 0.550. The summed E-state index contributed by atoms with van der Waals surface area (Å²) in [6, 6.07) is -1.09. The molecule has 2 saturated heterocycles. The number of nitrogens with zero attached hydrogens (tertiary/aromatic N) is 1. The Morgan fingerprint density at radius 1 is 1.23 bits per heavy atom. The molecule has 11 heteroatoms. The van der Waals surface area contributed by atoms with Crippen LogP contribution in [0.5, 0.6) is 0 Å². The Morgan fingerprint density at radius 2 is 1.94 bits per heavy atom. The Morgan fingerprint density at radius 3 is 2.52 bits per heavy atom. The molecule has 2 aliphatic rings. The average molecular weight is 438 g/mol. The minimum atomic E-state index is -2.16. The lowest BCUT2D eigenvalue weighted by molar-refractivity contribution is -0.262. The van der Waals surface area contributed by atoms with Crippen molar-refractivity contribution in [2.24, 2.45) is 5.41 Å². The van der Waals surface area contributed by atoms with Gasteiger partial charge in [0.2, 0.25) is 12.7 Å². The Bertz CT molecular complexity index is 812. The molecule has 2 atom stereocenters. The van der Waals surface area contributed by atoms with Crippen molar-refractivity contribution in [3.05, 3.63) is 24.3 Å². The van der Waals surface area contributed by atoms with Gasteiger partial charge >= 0.3 is 23.6 Å². The van der Waals surface area contributed by atoms with Crippen molar-refractivity contribution in [3.8, 4) is 0 Å². The minimum absolute atomic E-state index is 0.160. The van der Waals surface area contributed by atoms with Crippen molar-refractivity contribution in [2.45, 2.75) is 52.3 Å². The summed E-state index contributed by atoms with van der Waals surface area (Å²) in [5.41, 5.74) is -2.98. The summed E-state index contributed by atoms with van der Waals surface area (Å²) in [6.45, 7) is 5.64. The van der Waals surface area contributed by atoms with Gasteiger partial charge < -0.3 is 19.5 Å². The molecule has 0 aromatic carbocycles. The Balaban J connectivity index is 2.07. The third-order valence-corrected chi connectivity index (χ3v) is 4.33. The zero-order valence-electron chi connectivity index (χ0n) is 17.8. The van der Waals surface area contributed by atoms with E-state index >= 15 is 0 Å². The summed E-state index contributed by atoms with van der Waals surface area (Å²) < 4.78 is 14.9. The molecule has 0 radical (unpaired) electrons. The van der Waals surface area contributed by atoms with E-state index in [2.05, 4.69) is 5.32 Å². The average Bonchev–Trinajstić information content (AvgIpc) is 3.25. The molecule has 31 heavy (non-hydrogen) atoms. The van der Waals surface area contributed by atoms with Crippen molar-refractivity contribution < 1.29 is 43.0 Å². The molecule has 2 amide bonds. The van der Waals surface area contributed by atoms with Crippen LogP contribution in [0.4, 0.5) is 0 Å². The SMILES string of the molecule is CC=CC=CC(=O)N[C@H]1CON(C2(C(=O)OCOC(=O)C(C)(C)C)CCC(=O)O2)C1=O. The van der Waals surface area contributed by atoms with E-state index in [4.69, 9.17) is 19.0 Å². The lowest BCUT2D eigenvalue weighted by Gasteiger charge is -2.32. The summed E-state index contributed by atoms with van der Waals surface area (Å²) >= 11 is 0. The molecule has 0 bridgehead atoms. The summed E-state index contributed by atoms with van der Waals surface area (Å²) in [5, 5.41) is 3.05. The lowest BCUT2D eigenvalue weighted by Crippen LogP contribution is -2.57. The molecular formula is C20H26N2O9. The lowest BCUT2D eigenvalue weighted by atomic mass is 9.98. The smallest absolute Gasteiger partial charge is 0.377 e. The number of allylic oxidation sites excluding steroid dienone is 3. The van der Waals surface area contributed by atoms with Crippen molar-refractivity contribution in [2.75, 3.05) is 13.4 Å². The van der Waals surface area contributed by atoms with Crippen LogP contribution in [0.15, 0.2) is 24.3 Å². The highest BCUT2D eigenvalue weighted by Crippen LogP contribution is 2.35. The van der Waals surface area contributed by atoms with Gasteiger partial charge in [-0.05, 0) is 27.7 Å². The van der Waals surface area contributed by atoms with Gasteiger partial charge in [-0.15, -0.1) is 0 Å². The van der Waals surface area contributed by atoms with Crippen LogP contribution in [0, 0.1) is 5.41 Å². The van der Waals surface area contributed by atoms with Gasteiger partial charge in [-0.3, -0.25) is 24.0 Å². The van der Waals surface area contributed by atoms with E-state index in [1.54, 1.807) is 39.8 Å². The van der Waals surface area contributed by atoms with Crippen molar-refractivity contribution >= 4 is 29.7 Å². The first kappa shape index (κ1) is 24.1. The zero-order valence-corrected chi connectivity index (χ0v) is 17.8. The van der Waals surface area contributed by atoms with E-state index in [-0.39, 0.29) is 19.4 Å². The molecule has 0 spiro atoms. The Kier molecular flexibility index (Phi) is 7.55. The molecule has 1 N–H and O–H groups in total. The van der Waals surface area contributed by atoms with Gasteiger partial charge in [0.25, 0.3) is 5.91 Å². The summed E-state index contributed by atoms with van der Waals surface area (Å²) in [6.07, 6.45) is 5.69.